The second-order valence-electron chi connectivity index (χ2n) is 4.72. The van der Waals surface area contributed by atoms with Crippen LogP contribution in [0.4, 0.5) is 0 Å². The minimum Gasteiger partial charge on any atom is -0.469 e. The number of carbonyl (C=O) groups is 3. The van der Waals surface area contributed by atoms with Crippen molar-refractivity contribution in [1.29, 1.82) is 0 Å². The Balaban J connectivity index is 1.71. The van der Waals surface area contributed by atoms with Crippen molar-refractivity contribution in [3.63, 3.8) is 0 Å². The van der Waals surface area contributed by atoms with Gasteiger partial charge < -0.3 is 4.74 Å². The van der Waals surface area contributed by atoms with E-state index in [1.54, 1.807) is 17.5 Å². The van der Waals surface area contributed by atoms with Crippen molar-refractivity contribution >= 4 is 29.1 Å². The van der Waals surface area contributed by atoms with Gasteiger partial charge in [-0.1, -0.05) is 6.07 Å². The van der Waals surface area contributed by atoms with Gasteiger partial charge in [-0.25, -0.2) is 0 Å². The summed E-state index contributed by atoms with van der Waals surface area (Å²) in [6, 6.07) is 3.44. The SMILES string of the molecule is COC(=O)C1CCN(CC(=O)NNC(=O)c2cccs2)C1. The fraction of sp³-hybridized carbons (Fsp3) is 0.462. The van der Waals surface area contributed by atoms with Gasteiger partial charge in [-0.2, -0.15) is 0 Å². The minimum atomic E-state index is -0.341. The lowest BCUT2D eigenvalue weighted by molar-refractivity contribution is -0.145. The molecule has 2 amide bonds. The number of nitrogens with zero attached hydrogens (tertiary/aromatic N) is 1. The van der Waals surface area contributed by atoms with Gasteiger partial charge in [0, 0.05) is 6.54 Å². The average Bonchev–Trinajstić information content (AvgIpc) is 3.15. The van der Waals surface area contributed by atoms with Crippen LogP contribution in [0.2, 0.25) is 0 Å². The van der Waals surface area contributed by atoms with Gasteiger partial charge >= 0.3 is 5.97 Å². The average molecular weight is 311 g/mol. The molecule has 2 heterocycles. The van der Waals surface area contributed by atoms with Gasteiger partial charge in [0.1, 0.15) is 0 Å². The summed E-state index contributed by atoms with van der Waals surface area (Å²) in [5.41, 5.74) is 4.72. The van der Waals surface area contributed by atoms with Crippen LogP contribution < -0.4 is 10.9 Å². The summed E-state index contributed by atoms with van der Waals surface area (Å²) in [5.74, 6) is -1.08. The summed E-state index contributed by atoms with van der Waals surface area (Å²) in [5, 5.41) is 1.79. The molecule has 1 atom stereocenters. The second-order valence-corrected chi connectivity index (χ2v) is 5.67. The molecule has 2 rings (SSSR count). The molecule has 0 aromatic carbocycles. The first-order valence-corrected chi connectivity index (χ1v) is 7.41. The predicted octanol–water partition coefficient (Wildman–Crippen LogP) is 0.00400. The standard InChI is InChI=1S/C13H17N3O4S/c1-20-13(19)9-4-5-16(7-9)8-11(17)14-15-12(18)10-3-2-6-21-10/h2-3,6,9H,4-5,7-8H2,1H3,(H,14,17)(H,15,18). The second kappa shape index (κ2) is 7.19. The van der Waals surface area contributed by atoms with E-state index < -0.39 is 0 Å². The fourth-order valence-electron chi connectivity index (χ4n) is 2.17. The third-order valence-corrected chi connectivity index (χ3v) is 4.10. The molecule has 1 aromatic rings. The van der Waals surface area contributed by atoms with E-state index in [9.17, 15) is 14.4 Å². The molecule has 1 unspecified atom stereocenters. The highest BCUT2D eigenvalue weighted by molar-refractivity contribution is 7.12. The molecule has 21 heavy (non-hydrogen) atoms. The van der Waals surface area contributed by atoms with Crippen molar-refractivity contribution in [3.05, 3.63) is 22.4 Å². The molecule has 0 bridgehead atoms. The van der Waals surface area contributed by atoms with E-state index in [-0.39, 0.29) is 30.2 Å². The van der Waals surface area contributed by atoms with Crippen LogP contribution in [0.25, 0.3) is 0 Å². The maximum atomic E-state index is 11.7. The van der Waals surface area contributed by atoms with Crippen molar-refractivity contribution in [2.24, 2.45) is 5.92 Å². The van der Waals surface area contributed by atoms with Crippen LogP contribution in [0.5, 0.6) is 0 Å². The van der Waals surface area contributed by atoms with E-state index in [2.05, 4.69) is 15.6 Å². The topological polar surface area (TPSA) is 87.7 Å². The first-order valence-electron chi connectivity index (χ1n) is 6.53. The lowest BCUT2D eigenvalue weighted by Gasteiger charge is -2.15. The van der Waals surface area contributed by atoms with E-state index in [1.165, 1.54) is 18.4 Å². The number of ether oxygens (including phenoxy) is 1. The first kappa shape index (κ1) is 15.5. The number of esters is 1. The molecule has 0 spiro atoms. The fourth-order valence-corrected chi connectivity index (χ4v) is 2.79. The van der Waals surface area contributed by atoms with Crippen molar-refractivity contribution in [1.82, 2.24) is 15.8 Å². The Morgan fingerprint density at radius 1 is 1.43 bits per heavy atom. The van der Waals surface area contributed by atoms with Gasteiger partial charge in [-0.15, -0.1) is 11.3 Å². The Morgan fingerprint density at radius 3 is 2.90 bits per heavy atom. The Labute approximate surface area is 126 Å². The van der Waals surface area contributed by atoms with Crippen LogP contribution in [-0.2, 0) is 14.3 Å². The van der Waals surface area contributed by atoms with Crippen LogP contribution in [0, 0.1) is 5.92 Å². The lowest BCUT2D eigenvalue weighted by Crippen LogP contribution is -2.46. The van der Waals surface area contributed by atoms with Crippen LogP contribution in [-0.4, -0.2) is 49.4 Å². The Morgan fingerprint density at radius 2 is 2.24 bits per heavy atom. The molecule has 1 aromatic heterocycles. The minimum absolute atomic E-state index is 0.137. The number of hydrazine groups is 1. The van der Waals surface area contributed by atoms with Crippen LogP contribution in [0.3, 0.4) is 0 Å². The molecule has 2 N–H and O–H groups in total. The lowest BCUT2D eigenvalue weighted by atomic mass is 10.1. The summed E-state index contributed by atoms with van der Waals surface area (Å²) < 4.78 is 4.69. The number of likely N-dealkylation sites (tertiary alicyclic amines) is 1. The third-order valence-electron chi connectivity index (χ3n) is 3.23. The quantitative estimate of drug-likeness (QED) is 0.604. The highest BCUT2D eigenvalue weighted by Crippen LogP contribution is 2.16. The van der Waals surface area contributed by atoms with Crippen LogP contribution in [0.1, 0.15) is 16.1 Å². The van der Waals surface area contributed by atoms with Gasteiger partial charge in [0.05, 0.1) is 24.4 Å². The Kier molecular flexibility index (Phi) is 5.29. The molecule has 0 aliphatic carbocycles. The maximum absolute atomic E-state index is 11.7. The summed E-state index contributed by atoms with van der Waals surface area (Å²) >= 11 is 1.30. The number of thiophene rings is 1. The zero-order chi connectivity index (χ0) is 15.2. The van der Waals surface area contributed by atoms with Crippen LogP contribution >= 0.6 is 11.3 Å². The molecule has 1 aliphatic heterocycles. The van der Waals surface area contributed by atoms with Gasteiger partial charge in [-0.05, 0) is 24.4 Å². The molecule has 1 aliphatic rings. The molecule has 1 saturated heterocycles. The maximum Gasteiger partial charge on any atom is 0.310 e. The van der Waals surface area contributed by atoms with Crippen molar-refractivity contribution in [2.45, 2.75) is 6.42 Å². The summed E-state index contributed by atoms with van der Waals surface area (Å²) in [6.45, 7) is 1.29. The van der Waals surface area contributed by atoms with Gasteiger partial charge in [-0.3, -0.25) is 30.1 Å². The third kappa shape index (κ3) is 4.27. The number of hydrogen-bond donors (Lipinski definition) is 2. The zero-order valence-corrected chi connectivity index (χ0v) is 12.4. The van der Waals surface area contributed by atoms with E-state index in [0.717, 1.165) is 0 Å². The molecule has 0 saturated carbocycles. The zero-order valence-electron chi connectivity index (χ0n) is 11.6. The van der Waals surface area contributed by atoms with Gasteiger partial charge in [0.25, 0.3) is 11.8 Å². The van der Waals surface area contributed by atoms with Crippen molar-refractivity contribution < 1.29 is 19.1 Å². The molecule has 114 valence electrons. The Bertz CT molecular complexity index is 517. The summed E-state index contributed by atoms with van der Waals surface area (Å²) in [4.78, 5) is 37.1. The summed E-state index contributed by atoms with van der Waals surface area (Å²) in [6.07, 6.45) is 0.682. The molecular weight excluding hydrogens is 294 g/mol. The highest BCUT2D eigenvalue weighted by Gasteiger charge is 2.29. The van der Waals surface area contributed by atoms with Gasteiger partial charge in [0.15, 0.2) is 0 Å². The van der Waals surface area contributed by atoms with E-state index in [0.29, 0.717) is 24.4 Å². The molecule has 1 fully saturated rings. The van der Waals surface area contributed by atoms with E-state index in [4.69, 9.17) is 0 Å². The molecule has 0 radical (unpaired) electrons. The largest absolute Gasteiger partial charge is 0.469 e. The number of nitrogens with one attached hydrogen (secondary N) is 2. The van der Waals surface area contributed by atoms with Crippen molar-refractivity contribution in [3.8, 4) is 0 Å². The smallest absolute Gasteiger partial charge is 0.310 e. The number of amides is 2. The number of hydrogen-bond acceptors (Lipinski definition) is 6. The number of methoxy groups -OCH3 is 1. The van der Waals surface area contributed by atoms with Gasteiger partial charge in [0.2, 0.25) is 0 Å². The number of rotatable bonds is 4. The highest BCUT2D eigenvalue weighted by atomic mass is 32.1. The van der Waals surface area contributed by atoms with E-state index in [1.807, 2.05) is 4.90 Å². The molecule has 7 nitrogen and oxygen atoms in total. The monoisotopic (exact) mass is 311 g/mol. The summed E-state index contributed by atoms with van der Waals surface area (Å²) in [7, 11) is 1.36. The number of carbonyl (C=O) groups excluding carboxylic acids is 3. The van der Waals surface area contributed by atoms with E-state index >= 15 is 0 Å². The Hall–Kier alpha value is -1.93. The molecular formula is C13H17N3O4S. The molecule has 8 heteroatoms. The predicted molar refractivity (Wildman–Crippen MR) is 76.5 cm³/mol. The normalized spacial score (nSPS) is 18.2. The first-order chi connectivity index (χ1) is 10.1. The van der Waals surface area contributed by atoms with Crippen molar-refractivity contribution in [2.75, 3.05) is 26.7 Å². The van der Waals surface area contributed by atoms with Crippen LogP contribution in [0.15, 0.2) is 17.5 Å².